The highest BCUT2D eigenvalue weighted by molar-refractivity contribution is 5.71. The Morgan fingerprint density at radius 2 is 0.609 bits per heavy atom. The van der Waals surface area contributed by atoms with E-state index in [0.717, 1.165) is 103 Å². The van der Waals surface area contributed by atoms with E-state index in [9.17, 15) is 14.4 Å². The molecule has 0 aromatic heterocycles. The molecule has 0 aromatic carbocycles. The maximum absolute atomic E-state index is 12.8. The second-order valence-electron chi connectivity index (χ2n) is 17.0. The average molecular weight is 889 g/mol. The fourth-order valence-corrected chi connectivity index (χ4v) is 6.91. The number of hydrogen-bond donors (Lipinski definition) is 0. The van der Waals surface area contributed by atoms with Crippen LogP contribution in [-0.2, 0) is 28.6 Å². The van der Waals surface area contributed by atoms with Crippen LogP contribution in [0.25, 0.3) is 0 Å². The molecule has 0 radical (unpaired) electrons. The van der Waals surface area contributed by atoms with Crippen molar-refractivity contribution in [3.63, 3.8) is 0 Å². The van der Waals surface area contributed by atoms with Crippen LogP contribution in [0.4, 0.5) is 0 Å². The molecule has 0 saturated heterocycles. The van der Waals surface area contributed by atoms with Crippen LogP contribution in [0.2, 0.25) is 0 Å². The number of hydrogen-bond acceptors (Lipinski definition) is 6. The Hall–Kier alpha value is -3.67. The van der Waals surface area contributed by atoms with Gasteiger partial charge in [0.25, 0.3) is 0 Å². The van der Waals surface area contributed by atoms with Gasteiger partial charge in [0.1, 0.15) is 13.2 Å². The number of allylic oxidation sites excluding steroid dienone is 16. The Kier molecular flexibility index (Phi) is 49.0. The van der Waals surface area contributed by atoms with Gasteiger partial charge in [0.2, 0.25) is 0 Å². The largest absolute Gasteiger partial charge is 0.462 e. The summed E-state index contributed by atoms with van der Waals surface area (Å²) in [7, 11) is 0. The van der Waals surface area contributed by atoms with Crippen molar-refractivity contribution in [1.29, 1.82) is 0 Å². The smallest absolute Gasteiger partial charge is 0.306 e. The van der Waals surface area contributed by atoms with Gasteiger partial charge in [0.05, 0.1) is 0 Å². The molecule has 0 bridgehead atoms. The molecule has 364 valence electrons. The maximum atomic E-state index is 12.8. The minimum absolute atomic E-state index is 0.107. The van der Waals surface area contributed by atoms with Gasteiger partial charge >= 0.3 is 17.9 Å². The minimum Gasteiger partial charge on any atom is -0.462 e. The third-order valence-corrected chi connectivity index (χ3v) is 10.8. The third-order valence-electron chi connectivity index (χ3n) is 10.8. The number of unbranched alkanes of at least 4 members (excludes halogenated alkanes) is 19. The number of carbonyl (C=O) groups excluding carboxylic acids is 3. The summed E-state index contributed by atoms with van der Waals surface area (Å²) in [5, 5.41) is 0. The molecule has 0 fully saturated rings. The first-order valence-electron chi connectivity index (χ1n) is 26.2. The first kappa shape index (κ1) is 60.3. The average Bonchev–Trinajstić information content (AvgIpc) is 3.29. The zero-order valence-corrected chi connectivity index (χ0v) is 41.5. The minimum atomic E-state index is -0.813. The molecular formula is C58H96O6. The Labute approximate surface area is 394 Å². The second-order valence-corrected chi connectivity index (χ2v) is 17.0. The van der Waals surface area contributed by atoms with Crippen molar-refractivity contribution in [2.75, 3.05) is 13.2 Å². The van der Waals surface area contributed by atoms with Crippen LogP contribution in [0.15, 0.2) is 97.2 Å². The quantitative estimate of drug-likeness (QED) is 0.0262. The number of ether oxygens (including phenoxy) is 3. The van der Waals surface area contributed by atoms with Crippen molar-refractivity contribution < 1.29 is 28.6 Å². The van der Waals surface area contributed by atoms with Gasteiger partial charge in [-0.05, 0) is 116 Å². The van der Waals surface area contributed by atoms with Gasteiger partial charge in [-0.2, -0.15) is 0 Å². The van der Waals surface area contributed by atoms with E-state index in [-0.39, 0.29) is 37.5 Å². The normalized spacial score (nSPS) is 12.9. The van der Waals surface area contributed by atoms with Gasteiger partial charge in [0, 0.05) is 19.3 Å². The second kappa shape index (κ2) is 52.0. The molecular weight excluding hydrogens is 793 g/mol. The van der Waals surface area contributed by atoms with E-state index in [1.165, 1.54) is 83.5 Å². The number of esters is 3. The van der Waals surface area contributed by atoms with E-state index in [1.54, 1.807) is 0 Å². The van der Waals surface area contributed by atoms with Crippen molar-refractivity contribution in [3.8, 4) is 0 Å². The lowest BCUT2D eigenvalue weighted by Gasteiger charge is -2.18. The molecule has 0 aliphatic carbocycles. The van der Waals surface area contributed by atoms with Gasteiger partial charge in [-0.3, -0.25) is 14.4 Å². The highest BCUT2D eigenvalue weighted by atomic mass is 16.6. The predicted octanol–water partition coefficient (Wildman–Crippen LogP) is 17.4. The van der Waals surface area contributed by atoms with Crippen molar-refractivity contribution in [2.24, 2.45) is 0 Å². The standard InChI is InChI=1S/C58H96O6/c1-4-7-10-13-16-19-22-25-27-28-29-31-33-36-39-42-45-48-51-57(60)63-54-55(53-62-56(59)50-47-44-41-38-35-32-24-21-18-15-12-9-6-3)64-58(61)52-49-46-43-40-37-34-30-26-23-20-17-14-11-8-5-2/h8-9,11-12,17-18,20-21,26-28,30,32,35,37,40,55H,4-7,10,13-16,19,22-25,29,31,33-34,36,38-39,41-54H2,1-3H3/b11-8-,12-9-,20-17-,21-18-,28-27-,30-26-,35-32-,40-37-. The first-order chi connectivity index (χ1) is 31.5. The van der Waals surface area contributed by atoms with E-state index in [0.29, 0.717) is 19.3 Å². The van der Waals surface area contributed by atoms with Crippen molar-refractivity contribution in [2.45, 2.75) is 239 Å². The topological polar surface area (TPSA) is 78.9 Å². The SMILES string of the molecule is CC/C=C\C/C=C\C/C=C\C/C=C\CCCCC(=O)OC(COC(=O)CCCCC/C=C\C/C=C\C/C=C\CC)COC(=O)CCCCCCCCC/C=C\CCCCCCCCC. The Morgan fingerprint density at radius 1 is 0.328 bits per heavy atom. The summed E-state index contributed by atoms with van der Waals surface area (Å²) < 4.78 is 16.7. The molecule has 1 unspecified atom stereocenters. The van der Waals surface area contributed by atoms with E-state index in [2.05, 4.69) is 118 Å². The van der Waals surface area contributed by atoms with Crippen LogP contribution in [0.3, 0.4) is 0 Å². The molecule has 1 atom stereocenters. The lowest BCUT2D eigenvalue weighted by atomic mass is 10.1. The molecule has 0 spiro atoms. The number of rotatable bonds is 46. The van der Waals surface area contributed by atoms with E-state index in [1.807, 2.05) is 0 Å². The summed E-state index contributed by atoms with van der Waals surface area (Å²) >= 11 is 0. The summed E-state index contributed by atoms with van der Waals surface area (Å²) in [6.45, 7) is 6.34. The highest BCUT2D eigenvalue weighted by Crippen LogP contribution is 2.13. The van der Waals surface area contributed by atoms with Crippen LogP contribution in [0, 0.1) is 0 Å². The molecule has 0 N–H and O–H groups in total. The van der Waals surface area contributed by atoms with Crippen LogP contribution >= 0.6 is 0 Å². The van der Waals surface area contributed by atoms with Crippen LogP contribution in [0.5, 0.6) is 0 Å². The third kappa shape index (κ3) is 49.3. The first-order valence-corrected chi connectivity index (χ1v) is 26.2. The maximum Gasteiger partial charge on any atom is 0.306 e. The molecule has 0 rings (SSSR count). The molecule has 64 heavy (non-hydrogen) atoms. The van der Waals surface area contributed by atoms with Crippen molar-refractivity contribution >= 4 is 17.9 Å². The summed E-state index contributed by atoms with van der Waals surface area (Å²) in [5.41, 5.74) is 0. The molecule has 0 aliphatic heterocycles. The zero-order chi connectivity index (χ0) is 46.5. The Balaban J connectivity index is 4.48. The number of carbonyl (C=O) groups is 3. The van der Waals surface area contributed by atoms with E-state index in [4.69, 9.17) is 14.2 Å². The molecule has 6 heteroatoms. The molecule has 6 nitrogen and oxygen atoms in total. The van der Waals surface area contributed by atoms with Crippen LogP contribution in [0.1, 0.15) is 233 Å². The summed E-state index contributed by atoms with van der Waals surface area (Å²) in [4.78, 5) is 38.0. The lowest BCUT2D eigenvalue weighted by Crippen LogP contribution is -2.30. The zero-order valence-electron chi connectivity index (χ0n) is 41.5. The molecule has 0 amide bonds. The summed E-state index contributed by atoms with van der Waals surface area (Å²) in [5.74, 6) is -0.986. The van der Waals surface area contributed by atoms with Crippen LogP contribution < -0.4 is 0 Å². The van der Waals surface area contributed by atoms with E-state index < -0.39 is 6.10 Å². The fraction of sp³-hybridized carbons (Fsp3) is 0.672. The highest BCUT2D eigenvalue weighted by Gasteiger charge is 2.19. The Morgan fingerprint density at radius 3 is 1.02 bits per heavy atom. The van der Waals surface area contributed by atoms with Gasteiger partial charge in [-0.1, -0.05) is 195 Å². The summed E-state index contributed by atoms with van der Waals surface area (Å²) in [6, 6.07) is 0. The van der Waals surface area contributed by atoms with Crippen LogP contribution in [-0.4, -0.2) is 37.2 Å². The molecule has 0 saturated carbocycles. The Bertz CT molecular complexity index is 1300. The van der Waals surface area contributed by atoms with Gasteiger partial charge in [-0.15, -0.1) is 0 Å². The van der Waals surface area contributed by atoms with Crippen molar-refractivity contribution in [1.82, 2.24) is 0 Å². The predicted molar refractivity (Wildman–Crippen MR) is 274 cm³/mol. The monoisotopic (exact) mass is 889 g/mol. The van der Waals surface area contributed by atoms with Gasteiger partial charge in [0.15, 0.2) is 6.10 Å². The lowest BCUT2D eigenvalue weighted by molar-refractivity contribution is -0.167. The van der Waals surface area contributed by atoms with Crippen molar-refractivity contribution in [3.05, 3.63) is 97.2 Å². The van der Waals surface area contributed by atoms with Gasteiger partial charge < -0.3 is 14.2 Å². The van der Waals surface area contributed by atoms with E-state index >= 15 is 0 Å². The fourth-order valence-electron chi connectivity index (χ4n) is 6.91. The summed E-state index contributed by atoms with van der Waals surface area (Å²) in [6.07, 6.45) is 68.3. The van der Waals surface area contributed by atoms with Gasteiger partial charge in [-0.25, -0.2) is 0 Å². The molecule has 0 aromatic rings. The molecule has 0 aliphatic rings. The molecule has 0 heterocycles.